The molecule has 0 saturated carbocycles. The fourth-order valence-corrected chi connectivity index (χ4v) is 2.01. The van der Waals surface area contributed by atoms with Crippen molar-refractivity contribution >= 4 is 0 Å². The molecule has 0 aliphatic heterocycles. The minimum Gasteiger partial charge on any atom is -0.486 e. The number of hydrogen-bond acceptors (Lipinski definition) is 4. The minimum atomic E-state index is 0.407. The quantitative estimate of drug-likeness (QED) is 0.829. The molecule has 1 aromatic carbocycles. The van der Waals surface area contributed by atoms with Crippen molar-refractivity contribution in [1.29, 1.82) is 0 Å². The highest BCUT2D eigenvalue weighted by Gasteiger charge is 2.07. The van der Waals surface area contributed by atoms with Gasteiger partial charge in [0.2, 0.25) is 0 Å². The smallest absolute Gasteiger partial charge is 0.174 e. The zero-order valence-electron chi connectivity index (χ0n) is 11.4. The summed E-state index contributed by atoms with van der Waals surface area (Å²) in [5.74, 6) is 1.56. The molecule has 4 nitrogen and oxygen atoms in total. The lowest BCUT2D eigenvalue weighted by molar-refractivity contribution is 0.249. The van der Waals surface area contributed by atoms with E-state index in [0.29, 0.717) is 12.6 Å². The van der Waals surface area contributed by atoms with Gasteiger partial charge in [-0.25, -0.2) is 0 Å². The highest BCUT2D eigenvalue weighted by atomic mass is 16.5. The Morgan fingerprint density at radius 3 is 2.58 bits per heavy atom. The van der Waals surface area contributed by atoms with E-state index in [2.05, 4.69) is 36.5 Å². The van der Waals surface area contributed by atoms with Crippen LogP contribution in [0, 0.1) is 0 Å². The van der Waals surface area contributed by atoms with E-state index in [1.54, 1.807) is 12.3 Å². The average Bonchev–Trinajstić information content (AvgIpc) is 2.96. The van der Waals surface area contributed by atoms with Crippen LogP contribution in [0.2, 0.25) is 0 Å². The van der Waals surface area contributed by atoms with Gasteiger partial charge in [-0.15, -0.1) is 0 Å². The molecule has 0 fully saturated rings. The van der Waals surface area contributed by atoms with Crippen LogP contribution in [0.25, 0.3) is 0 Å². The van der Waals surface area contributed by atoms with Crippen molar-refractivity contribution in [2.24, 2.45) is 0 Å². The van der Waals surface area contributed by atoms with Crippen LogP contribution in [0.15, 0.2) is 41.1 Å². The zero-order chi connectivity index (χ0) is 13.5. The third kappa shape index (κ3) is 3.83. The van der Waals surface area contributed by atoms with Gasteiger partial charge in [0.05, 0.1) is 6.20 Å². The van der Waals surface area contributed by atoms with Crippen molar-refractivity contribution in [1.82, 2.24) is 10.5 Å². The molecular weight excluding hydrogens is 240 g/mol. The third-order valence-corrected chi connectivity index (χ3v) is 3.01. The Labute approximate surface area is 113 Å². The lowest BCUT2D eigenvalue weighted by Crippen LogP contribution is -2.19. The van der Waals surface area contributed by atoms with Gasteiger partial charge in [-0.2, -0.15) is 0 Å². The molecule has 1 aromatic heterocycles. The summed E-state index contributed by atoms with van der Waals surface area (Å²) in [6.45, 7) is 5.69. The Kier molecular flexibility index (Phi) is 4.98. The van der Waals surface area contributed by atoms with Crippen LogP contribution in [0.1, 0.15) is 37.6 Å². The highest BCUT2D eigenvalue weighted by molar-refractivity contribution is 5.29. The lowest BCUT2D eigenvalue weighted by atomic mass is 10.0. The van der Waals surface area contributed by atoms with Crippen molar-refractivity contribution < 1.29 is 9.26 Å². The zero-order valence-corrected chi connectivity index (χ0v) is 11.4. The largest absolute Gasteiger partial charge is 0.486 e. The average molecular weight is 260 g/mol. The van der Waals surface area contributed by atoms with E-state index in [4.69, 9.17) is 9.26 Å². The second-order valence-electron chi connectivity index (χ2n) is 4.35. The van der Waals surface area contributed by atoms with Gasteiger partial charge in [-0.3, -0.25) is 0 Å². The monoisotopic (exact) mass is 260 g/mol. The second-order valence-corrected chi connectivity index (χ2v) is 4.35. The first-order valence-electron chi connectivity index (χ1n) is 6.69. The maximum absolute atomic E-state index is 5.62. The molecule has 0 bridgehead atoms. The van der Waals surface area contributed by atoms with Gasteiger partial charge in [0.25, 0.3) is 0 Å². The number of nitrogens with one attached hydrogen (secondary N) is 1. The second kappa shape index (κ2) is 6.95. The summed E-state index contributed by atoms with van der Waals surface area (Å²) in [6, 6.07) is 10.4. The number of aromatic nitrogens is 1. The van der Waals surface area contributed by atoms with E-state index in [1.807, 2.05) is 12.1 Å². The van der Waals surface area contributed by atoms with E-state index in [-0.39, 0.29) is 0 Å². The molecule has 102 valence electrons. The maximum atomic E-state index is 5.62. The molecule has 0 spiro atoms. The standard InChI is InChI=1S/C15H20N2O2/c1-3-15(16-4-2)12-5-7-13(8-6-12)18-11-14-9-10-17-19-14/h5-10,15-16H,3-4,11H2,1-2H3. The molecule has 0 aliphatic rings. The minimum absolute atomic E-state index is 0.407. The first-order valence-corrected chi connectivity index (χ1v) is 6.69. The summed E-state index contributed by atoms with van der Waals surface area (Å²) in [5, 5.41) is 7.10. The Morgan fingerprint density at radius 1 is 1.21 bits per heavy atom. The fraction of sp³-hybridized carbons (Fsp3) is 0.400. The van der Waals surface area contributed by atoms with E-state index in [9.17, 15) is 0 Å². The van der Waals surface area contributed by atoms with Crippen LogP contribution in [-0.4, -0.2) is 11.7 Å². The number of nitrogens with zero attached hydrogens (tertiary/aromatic N) is 1. The predicted octanol–water partition coefficient (Wildman–Crippen LogP) is 3.31. The van der Waals surface area contributed by atoms with Crippen molar-refractivity contribution in [3.63, 3.8) is 0 Å². The van der Waals surface area contributed by atoms with Crippen molar-refractivity contribution in [3.8, 4) is 5.75 Å². The predicted molar refractivity (Wildman–Crippen MR) is 74.0 cm³/mol. The van der Waals surface area contributed by atoms with Gasteiger partial charge >= 0.3 is 0 Å². The normalized spacial score (nSPS) is 12.3. The number of rotatable bonds is 7. The van der Waals surface area contributed by atoms with Gasteiger partial charge in [-0.1, -0.05) is 31.1 Å². The Hall–Kier alpha value is -1.81. The van der Waals surface area contributed by atoms with Crippen LogP contribution in [0.5, 0.6) is 5.75 Å². The molecule has 0 saturated heterocycles. The molecule has 2 aromatic rings. The molecule has 0 radical (unpaired) electrons. The van der Waals surface area contributed by atoms with Gasteiger partial charge in [-0.05, 0) is 30.7 Å². The van der Waals surface area contributed by atoms with Crippen molar-refractivity contribution in [2.45, 2.75) is 32.9 Å². The summed E-state index contributed by atoms with van der Waals surface area (Å²) < 4.78 is 10.6. The van der Waals surface area contributed by atoms with E-state index in [1.165, 1.54) is 5.56 Å². The van der Waals surface area contributed by atoms with Crippen LogP contribution < -0.4 is 10.1 Å². The first kappa shape index (κ1) is 13.6. The van der Waals surface area contributed by atoms with E-state index in [0.717, 1.165) is 24.5 Å². The molecule has 1 atom stereocenters. The Balaban J connectivity index is 1.93. The summed E-state index contributed by atoms with van der Waals surface area (Å²) >= 11 is 0. The summed E-state index contributed by atoms with van der Waals surface area (Å²) in [4.78, 5) is 0. The number of ether oxygens (including phenoxy) is 1. The van der Waals surface area contributed by atoms with Gasteiger partial charge in [0, 0.05) is 12.1 Å². The van der Waals surface area contributed by atoms with Gasteiger partial charge in [0.1, 0.15) is 12.4 Å². The molecule has 4 heteroatoms. The van der Waals surface area contributed by atoms with Crippen LogP contribution in [0.4, 0.5) is 0 Å². The first-order chi connectivity index (χ1) is 9.33. The SMILES string of the molecule is CCNC(CC)c1ccc(OCc2ccno2)cc1. The van der Waals surface area contributed by atoms with E-state index < -0.39 is 0 Å². The van der Waals surface area contributed by atoms with Crippen LogP contribution in [-0.2, 0) is 6.61 Å². The molecule has 0 aliphatic carbocycles. The van der Waals surface area contributed by atoms with Crippen LogP contribution in [0.3, 0.4) is 0 Å². The maximum Gasteiger partial charge on any atom is 0.174 e. The van der Waals surface area contributed by atoms with Crippen molar-refractivity contribution in [3.05, 3.63) is 47.9 Å². The third-order valence-electron chi connectivity index (χ3n) is 3.01. The summed E-state index contributed by atoms with van der Waals surface area (Å²) in [5.41, 5.74) is 1.29. The number of hydrogen-bond donors (Lipinski definition) is 1. The highest BCUT2D eigenvalue weighted by Crippen LogP contribution is 2.20. The van der Waals surface area contributed by atoms with Crippen LogP contribution >= 0.6 is 0 Å². The van der Waals surface area contributed by atoms with Gasteiger partial charge in [0.15, 0.2) is 5.76 Å². The molecule has 2 rings (SSSR count). The fourth-order valence-electron chi connectivity index (χ4n) is 2.01. The Bertz CT molecular complexity index is 465. The molecular formula is C15H20N2O2. The number of benzene rings is 1. The van der Waals surface area contributed by atoms with Gasteiger partial charge < -0.3 is 14.6 Å². The lowest BCUT2D eigenvalue weighted by Gasteiger charge is -2.16. The van der Waals surface area contributed by atoms with Crippen molar-refractivity contribution in [2.75, 3.05) is 6.54 Å². The van der Waals surface area contributed by atoms with E-state index >= 15 is 0 Å². The Morgan fingerprint density at radius 2 is 2.00 bits per heavy atom. The summed E-state index contributed by atoms with van der Waals surface area (Å²) in [7, 11) is 0. The molecule has 1 heterocycles. The topological polar surface area (TPSA) is 47.3 Å². The summed E-state index contributed by atoms with van der Waals surface area (Å²) in [6.07, 6.45) is 2.69. The molecule has 19 heavy (non-hydrogen) atoms. The molecule has 0 amide bonds. The molecule has 1 N–H and O–H groups in total. The molecule has 1 unspecified atom stereocenters.